The Kier molecular flexibility index (Phi) is 4.10. The summed E-state index contributed by atoms with van der Waals surface area (Å²) < 4.78 is 7.09. The van der Waals surface area contributed by atoms with Gasteiger partial charge in [0.25, 0.3) is 5.91 Å². The second kappa shape index (κ2) is 6.44. The number of nitrogens with zero attached hydrogens (tertiary/aromatic N) is 5. The van der Waals surface area contributed by atoms with E-state index in [9.17, 15) is 4.79 Å². The SMILES string of the molecule is CC(C)Cc1cc(C(=O)N2Cc3[nH]cnc3C(c3cnn(C)c3)C2)no1. The van der Waals surface area contributed by atoms with Crippen molar-refractivity contribution in [3.05, 3.63) is 53.2 Å². The molecule has 136 valence electrons. The van der Waals surface area contributed by atoms with Crippen molar-refractivity contribution >= 4 is 5.91 Å². The van der Waals surface area contributed by atoms with Gasteiger partial charge in [0.1, 0.15) is 5.76 Å². The molecule has 1 unspecified atom stereocenters. The van der Waals surface area contributed by atoms with Crippen molar-refractivity contribution in [2.75, 3.05) is 6.54 Å². The summed E-state index contributed by atoms with van der Waals surface area (Å²) in [4.78, 5) is 22.4. The summed E-state index contributed by atoms with van der Waals surface area (Å²) in [6.45, 7) is 5.23. The van der Waals surface area contributed by atoms with Crippen LogP contribution >= 0.6 is 0 Å². The fourth-order valence-electron chi connectivity index (χ4n) is 3.43. The maximum absolute atomic E-state index is 13.0. The van der Waals surface area contributed by atoms with E-state index in [-0.39, 0.29) is 11.8 Å². The van der Waals surface area contributed by atoms with Gasteiger partial charge in [-0.1, -0.05) is 19.0 Å². The zero-order valence-electron chi connectivity index (χ0n) is 15.1. The first-order chi connectivity index (χ1) is 12.5. The number of aryl methyl sites for hydroxylation is 1. The number of hydrogen-bond donors (Lipinski definition) is 1. The summed E-state index contributed by atoms with van der Waals surface area (Å²) in [5.74, 6) is 1.05. The van der Waals surface area contributed by atoms with Gasteiger partial charge in [0.05, 0.1) is 30.5 Å². The number of carbonyl (C=O) groups excluding carboxylic acids is 1. The van der Waals surface area contributed by atoms with Crippen molar-refractivity contribution in [1.82, 2.24) is 29.8 Å². The van der Waals surface area contributed by atoms with E-state index in [2.05, 4.69) is 34.1 Å². The summed E-state index contributed by atoms with van der Waals surface area (Å²) >= 11 is 0. The molecule has 4 rings (SSSR count). The largest absolute Gasteiger partial charge is 0.361 e. The highest BCUT2D eigenvalue weighted by Gasteiger charge is 2.33. The van der Waals surface area contributed by atoms with Crippen LogP contribution in [0.5, 0.6) is 0 Å². The van der Waals surface area contributed by atoms with Crippen LogP contribution in [0.4, 0.5) is 0 Å². The van der Waals surface area contributed by atoms with Crippen molar-refractivity contribution in [1.29, 1.82) is 0 Å². The van der Waals surface area contributed by atoms with Gasteiger partial charge < -0.3 is 14.4 Å². The zero-order chi connectivity index (χ0) is 18.3. The molecule has 1 atom stereocenters. The lowest BCUT2D eigenvalue weighted by Crippen LogP contribution is -2.38. The Bertz CT molecular complexity index is 922. The van der Waals surface area contributed by atoms with E-state index in [1.54, 1.807) is 22.0 Å². The Hall–Kier alpha value is -2.90. The fourth-order valence-corrected chi connectivity index (χ4v) is 3.43. The molecule has 3 aromatic rings. The van der Waals surface area contributed by atoms with Crippen molar-refractivity contribution in [2.24, 2.45) is 13.0 Å². The van der Waals surface area contributed by atoms with E-state index in [1.165, 1.54) is 0 Å². The van der Waals surface area contributed by atoms with Crippen molar-refractivity contribution in [2.45, 2.75) is 32.7 Å². The molecule has 3 aromatic heterocycles. The number of rotatable bonds is 4. The summed E-state index contributed by atoms with van der Waals surface area (Å²) in [7, 11) is 1.88. The molecule has 1 amide bonds. The number of hydrogen-bond acceptors (Lipinski definition) is 5. The molecule has 1 aliphatic rings. The first kappa shape index (κ1) is 16.6. The molecule has 0 spiro atoms. The van der Waals surface area contributed by atoms with E-state index in [4.69, 9.17) is 4.52 Å². The average Bonchev–Trinajstić information content (AvgIpc) is 3.33. The molecule has 8 heteroatoms. The Morgan fingerprint density at radius 3 is 3.04 bits per heavy atom. The molecular weight excluding hydrogens is 332 g/mol. The smallest absolute Gasteiger partial charge is 0.276 e. The molecule has 0 saturated carbocycles. The van der Waals surface area contributed by atoms with Gasteiger partial charge in [-0.3, -0.25) is 9.48 Å². The minimum absolute atomic E-state index is 0.00955. The third-order valence-corrected chi connectivity index (χ3v) is 4.64. The Morgan fingerprint density at radius 1 is 1.46 bits per heavy atom. The molecule has 0 radical (unpaired) electrons. The van der Waals surface area contributed by atoms with Crippen molar-refractivity contribution in [3.8, 4) is 0 Å². The van der Waals surface area contributed by atoms with Crippen molar-refractivity contribution in [3.63, 3.8) is 0 Å². The number of carbonyl (C=O) groups is 1. The lowest BCUT2D eigenvalue weighted by molar-refractivity contribution is 0.0711. The number of amides is 1. The number of H-pyrrole nitrogens is 1. The number of fused-ring (bicyclic) bond motifs is 1. The number of nitrogens with one attached hydrogen (secondary N) is 1. The third-order valence-electron chi connectivity index (χ3n) is 4.64. The maximum atomic E-state index is 13.0. The molecule has 0 saturated heterocycles. The van der Waals surface area contributed by atoms with Crippen LogP contribution < -0.4 is 0 Å². The summed E-state index contributed by atoms with van der Waals surface area (Å²) in [5.41, 5.74) is 3.32. The molecule has 1 aliphatic heterocycles. The van der Waals surface area contributed by atoms with Crippen LogP contribution in [0.3, 0.4) is 0 Å². The van der Waals surface area contributed by atoms with Gasteiger partial charge >= 0.3 is 0 Å². The quantitative estimate of drug-likeness (QED) is 0.775. The zero-order valence-corrected chi connectivity index (χ0v) is 15.1. The minimum Gasteiger partial charge on any atom is -0.361 e. The van der Waals surface area contributed by atoms with Crippen LogP contribution in [0.1, 0.15) is 53.0 Å². The van der Waals surface area contributed by atoms with Crippen molar-refractivity contribution < 1.29 is 9.32 Å². The fraction of sp³-hybridized carbons (Fsp3) is 0.444. The van der Waals surface area contributed by atoms with E-state index >= 15 is 0 Å². The first-order valence-electron chi connectivity index (χ1n) is 8.76. The number of aromatic amines is 1. The Morgan fingerprint density at radius 2 is 2.31 bits per heavy atom. The molecule has 26 heavy (non-hydrogen) atoms. The predicted molar refractivity (Wildman–Crippen MR) is 93.4 cm³/mol. The van der Waals surface area contributed by atoms with Gasteiger partial charge in [-0.25, -0.2) is 4.98 Å². The van der Waals surface area contributed by atoms with Gasteiger partial charge in [-0.05, 0) is 5.92 Å². The van der Waals surface area contributed by atoms with E-state index in [0.717, 1.165) is 29.1 Å². The topological polar surface area (TPSA) is 92.8 Å². The highest BCUT2D eigenvalue weighted by atomic mass is 16.5. The van der Waals surface area contributed by atoms with Gasteiger partial charge in [0.2, 0.25) is 0 Å². The summed E-state index contributed by atoms with van der Waals surface area (Å²) in [5, 5.41) is 8.24. The lowest BCUT2D eigenvalue weighted by atomic mass is 9.93. The van der Waals surface area contributed by atoms with Crippen LogP contribution in [-0.4, -0.2) is 42.3 Å². The van der Waals surface area contributed by atoms with E-state index < -0.39 is 0 Å². The molecule has 0 aliphatic carbocycles. The first-order valence-corrected chi connectivity index (χ1v) is 8.76. The van der Waals surface area contributed by atoms with Crippen LogP contribution in [-0.2, 0) is 20.0 Å². The van der Waals surface area contributed by atoms with Gasteiger partial charge in [-0.15, -0.1) is 0 Å². The average molecular weight is 354 g/mol. The van der Waals surface area contributed by atoms with E-state index in [0.29, 0.717) is 24.7 Å². The van der Waals surface area contributed by atoms with Gasteiger partial charge in [-0.2, -0.15) is 5.10 Å². The molecule has 0 fully saturated rings. The summed E-state index contributed by atoms with van der Waals surface area (Å²) in [6.07, 6.45) is 6.24. The van der Waals surface area contributed by atoms with Crippen LogP contribution in [0.25, 0.3) is 0 Å². The number of aromatic nitrogens is 5. The highest BCUT2D eigenvalue weighted by Crippen LogP contribution is 2.31. The number of imidazole rings is 1. The Balaban J connectivity index is 1.59. The van der Waals surface area contributed by atoms with E-state index in [1.807, 2.05) is 19.4 Å². The monoisotopic (exact) mass is 354 g/mol. The molecular formula is C18H22N6O2. The van der Waals surface area contributed by atoms with Gasteiger partial charge in [0.15, 0.2) is 5.69 Å². The maximum Gasteiger partial charge on any atom is 0.276 e. The van der Waals surface area contributed by atoms with Crippen LogP contribution in [0.2, 0.25) is 0 Å². The minimum atomic E-state index is -0.127. The Labute approximate surface area is 151 Å². The molecule has 0 bridgehead atoms. The second-order valence-electron chi connectivity index (χ2n) is 7.23. The predicted octanol–water partition coefficient (Wildman–Crippen LogP) is 2.12. The standard InChI is InChI=1S/C18H22N6O2/c1-11(2)4-13-5-15(22-26-13)18(25)24-8-14(12-6-21-23(3)7-12)17-16(9-24)19-10-20-17/h5-7,10-11,14H,4,8-9H2,1-3H3,(H,19,20). The summed E-state index contributed by atoms with van der Waals surface area (Å²) in [6, 6.07) is 1.75. The highest BCUT2D eigenvalue weighted by molar-refractivity contribution is 5.92. The second-order valence-corrected chi connectivity index (χ2v) is 7.23. The molecule has 4 heterocycles. The van der Waals surface area contributed by atoms with Gasteiger partial charge in [0, 0.05) is 43.8 Å². The normalized spacial score (nSPS) is 16.9. The lowest BCUT2D eigenvalue weighted by Gasteiger charge is -2.31. The molecule has 8 nitrogen and oxygen atoms in total. The third kappa shape index (κ3) is 3.02. The van der Waals surface area contributed by atoms with Crippen LogP contribution in [0.15, 0.2) is 29.3 Å². The van der Waals surface area contributed by atoms with Crippen LogP contribution in [0, 0.1) is 5.92 Å². The molecule has 0 aromatic carbocycles. The molecule has 1 N–H and O–H groups in total.